The minimum Gasteiger partial charge on any atom is -0.324 e. The van der Waals surface area contributed by atoms with E-state index in [1.807, 2.05) is 0 Å². The lowest BCUT2D eigenvalue weighted by Gasteiger charge is -2.36. The van der Waals surface area contributed by atoms with Gasteiger partial charge in [-0.1, -0.05) is 12.1 Å². The third-order valence-electron chi connectivity index (χ3n) is 5.54. The molecule has 0 saturated carbocycles. The molecule has 2 saturated heterocycles. The first-order valence-electron chi connectivity index (χ1n) is 9.20. The highest BCUT2D eigenvalue weighted by Crippen LogP contribution is 2.30. The number of carbonyl (C=O) groups is 3. The molecule has 2 fully saturated rings. The monoisotopic (exact) mass is 382 g/mol. The Kier molecular flexibility index (Phi) is 4.38. The smallest absolute Gasteiger partial charge is 0.322 e. The zero-order chi connectivity index (χ0) is 19.8. The topological polar surface area (TPSA) is 117 Å². The van der Waals surface area contributed by atoms with Crippen LogP contribution in [0.4, 0.5) is 10.5 Å². The number of nitrogens with zero attached hydrogens (tertiary/aromatic N) is 2. The first-order valence-corrected chi connectivity index (χ1v) is 9.20. The van der Waals surface area contributed by atoms with Crippen molar-refractivity contribution in [3.05, 3.63) is 48.3 Å². The van der Waals surface area contributed by atoms with E-state index in [-0.39, 0.29) is 5.91 Å². The van der Waals surface area contributed by atoms with Gasteiger partial charge in [0.05, 0.1) is 0 Å². The molecule has 3 heterocycles. The van der Waals surface area contributed by atoms with Gasteiger partial charge in [0.15, 0.2) is 0 Å². The lowest BCUT2D eigenvalue weighted by molar-refractivity contribution is -0.126. The predicted octanol–water partition coefficient (Wildman–Crippen LogP) is 0.655. The average Bonchev–Trinajstić information content (AvgIpc) is 3.31. The number of amides is 4. The van der Waals surface area contributed by atoms with E-state index in [0.717, 1.165) is 13.1 Å². The molecule has 4 N–H and O–H groups in total. The second kappa shape index (κ2) is 6.75. The second-order valence-corrected chi connectivity index (χ2v) is 7.30. The minimum absolute atomic E-state index is 0.153. The zero-order valence-electron chi connectivity index (χ0n) is 15.5. The molecular weight excluding hydrogens is 360 g/mol. The molecular formula is C19H22N6O3. The van der Waals surface area contributed by atoms with Crippen molar-refractivity contribution in [1.29, 1.82) is 0 Å². The molecule has 0 spiro atoms. The van der Waals surface area contributed by atoms with Crippen LogP contribution < -0.4 is 21.3 Å². The Labute approximate surface area is 161 Å². The molecule has 0 aliphatic carbocycles. The molecule has 4 amide bonds. The second-order valence-electron chi connectivity index (χ2n) is 7.30. The maximum atomic E-state index is 13.3. The highest BCUT2D eigenvalue weighted by atomic mass is 16.2. The normalized spacial score (nSPS) is 23.8. The maximum Gasteiger partial charge on any atom is 0.322 e. The molecule has 146 valence electrons. The van der Waals surface area contributed by atoms with E-state index in [0.29, 0.717) is 24.1 Å². The van der Waals surface area contributed by atoms with Crippen molar-refractivity contribution in [3.63, 3.8) is 0 Å². The van der Waals surface area contributed by atoms with E-state index in [1.54, 1.807) is 54.3 Å². The molecule has 2 aliphatic heterocycles. The lowest BCUT2D eigenvalue weighted by atomic mass is 9.87. The van der Waals surface area contributed by atoms with Gasteiger partial charge in [-0.3, -0.25) is 19.6 Å². The van der Waals surface area contributed by atoms with E-state index in [1.165, 1.54) is 0 Å². The standard InChI is InChI=1S/C19H22N6O3/c1-18(15(26)23-17(28)24-18)13-4-2-5-14(12-13)22-16(27)19(6-9-20-10-7-19)25-11-3-8-21-25/h2-5,8,11-12,20H,6-7,9-10H2,1H3,(H,22,27)(H2,23,24,26,28). The molecule has 4 rings (SSSR count). The van der Waals surface area contributed by atoms with Crippen LogP contribution in [0.15, 0.2) is 42.7 Å². The number of hydrogen-bond acceptors (Lipinski definition) is 5. The number of urea groups is 1. The summed E-state index contributed by atoms with van der Waals surface area (Å²) in [7, 11) is 0. The van der Waals surface area contributed by atoms with Crippen molar-refractivity contribution in [2.45, 2.75) is 30.8 Å². The minimum atomic E-state index is -1.17. The van der Waals surface area contributed by atoms with Gasteiger partial charge in [-0.2, -0.15) is 5.10 Å². The van der Waals surface area contributed by atoms with Crippen LogP contribution in [0.25, 0.3) is 0 Å². The number of piperidine rings is 1. The fourth-order valence-corrected chi connectivity index (χ4v) is 3.82. The van der Waals surface area contributed by atoms with Crippen LogP contribution in [0.3, 0.4) is 0 Å². The summed E-state index contributed by atoms with van der Waals surface area (Å²) in [5.74, 6) is -0.577. The van der Waals surface area contributed by atoms with E-state index in [4.69, 9.17) is 0 Å². The summed E-state index contributed by atoms with van der Waals surface area (Å²) in [4.78, 5) is 37.0. The fraction of sp³-hybridized carbons (Fsp3) is 0.368. The van der Waals surface area contributed by atoms with Crippen LogP contribution in [0, 0.1) is 0 Å². The average molecular weight is 382 g/mol. The van der Waals surface area contributed by atoms with Gasteiger partial charge in [0.2, 0.25) is 0 Å². The van der Waals surface area contributed by atoms with Gasteiger partial charge in [-0.05, 0) is 56.6 Å². The van der Waals surface area contributed by atoms with Gasteiger partial charge in [-0.25, -0.2) is 4.79 Å². The number of hydrogen-bond donors (Lipinski definition) is 4. The van der Waals surface area contributed by atoms with E-state index < -0.39 is 23.0 Å². The largest absolute Gasteiger partial charge is 0.324 e. The summed E-state index contributed by atoms with van der Waals surface area (Å²) in [6, 6.07) is 8.23. The molecule has 2 aromatic rings. The van der Waals surface area contributed by atoms with Crippen LogP contribution in [0.5, 0.6) is 0 Å². The number of rotatable bonds is 4. The Balaban J connectivity index is 1.61. The van der Waals surface area contributed by atoms with Gasteiger partial charge in [-0.15, -0.1) is 0 Å². The van der Waals surface area contributed by atoms with Crippen molar-refractivity contribution in [2.24, 2.45) is 0 Å². The van der Waals surface area contributed by atoms with Crippen molar-refractivity contribution in [3.8, 4) is 0 Å². The highest BCUT2D eigenvalue weighted by molar-refractivity contribution is 6.07. The Morgan fingerprint density at radius 3 is 2.64 bits per heavy atom. The van der Waals surface area contributed by atoms with Gasteiger partial charge in [0.25, 0.3) is 11.8 Å². The maximum absolute atomic E-state index is 13.3. The van der Waals surface area contributed by atoms with E-state index >= 15 is 0 Å². The van der Waals surface area contributed by atoms with Crippen molar-refractivity contribution >= 4 is 23.5 Å². The number of aromatic nitrogens is 2. The van der Waals surface area contributed by atoms with Crippen molar-refractivity contribution in [1.82, 2.24) is 25.7 Å². The van der Waals surface area contributed by atoms with Crippen LogP contribution >= 0.6 is 0 Å². The third kappa shape index (κ3) is 2.93. The number of benzene rings is 1. The Bertz CT molecular complexity index is 920. The third-order valence-corrected chi connectivity index (χ3v) is 5.54. The van der Waals surface area contributed by atoms with Crippen LogP contribution in [0.2, 0.25) is 0 Å². The Morgan fingerprint density at radius 1 is 1.21 bits per heavy atom. The zero-order valence-corrected chi connectivity index (χ0v) is 15.5. The Hall–Kier alpha value is -3.20. The summed E-state index contributed by atoms with van der Waals surface area (Å²) < 4.78 is 1.72. The quantitative estimate of drug-likeness (QED) is 0.580. The molecule has 1 atom stereocenters. The summed E-state index contributed by atoms with van der Waals surface area (Å²) in [6.07, 6.45) is 4.72. The fourth-order valence-electron chi connectivity index (χ4n) is 3.82. The van der Waals surface area contributed by atoms with Crippen LogP contribution in [-0.4, -0.2) is 40.7 Å². The molecule has 2 aliphatic rings. The molecule has 9 heteroatoms. The number of nitrogens with one attached hydrogen (secondary N) is 4. The van der Waals surface area contributed by atoms with E-state index in [2.05, 4.69) is 26.4 Å². The molecule has 1 unspecified atom stereocenters. The molecule has 9 nitrogen and oxygen atoms in total. The summed E-state index contributed by atoms with van der Waals surface area (Å²) in [5.41, 5.74) is -0.797. The molecule has 1 aromatic carbocycles. The Morgan fingerprint density at radius 2 is 2.00 bits per heavy atom. The number of carbonyl (C=O) groups excluding carboxylic acids is 3. The van der Waals surface area contributed by atoms with Gasteiger partial charge in [0.1, 0.15) is 11.1 Å². The van der Waals surface area contributed by atoms with Gasteiger partial charge in [0, 0.05) is 18.1 Å². The lowest BCUT2D eigenvalue weighted by Crippen LogP contribution is -2.52. The predicted molar refractivity (Wildman–Crippen MR) is 101 cm³/mol. The number of anilines is 1. The van der Waals surface area contributed by atoms with Crippen LogP contribution in [-0.2, 0) is 20.7 Å². The van der Waals surface area contributed by atoms with Gasteiger partial charge < -0.3 is 16.0 Å². The molecule has 0 bridgehead atoms. The van der Waals surface area contributed by atoms with E-state index in [9.17, 15) is 14.4 Å². The summed E-state index contributed by atoms with van der Waals surface area (Å²) in [6.45, 7) is 3.07. The first-order chi connectivity index (χ1) is 13.4. The van der Waals surface area contributed by atoms with Crippen molar-refractivity contribution < 1.29 is 14.4 Å². The van der Waals surface area contributed by atoms with Crippen LogP contribution in [0.1, 0.15) is 25.3 Å². The molecule has 28 heavy (non-hydrogen) atoms. The first kappa shape index (κ1) is 18.2. The summed E-state index contributed by atoms with van der Waals surface area (Å²) in [5, 5.41) is 15.4. The molecule has 0 radical (unpaired) electrons. The molecule has 1 aromatic heterocycles. The van der Waals surface area contributed by atoms with Crippen molar-refractivity contribution in [2.75, 3.05) is 18.4 Å². The highest BCUT2D eigenvalue weighted by Gasteiger charge is 2.44. The SMILES string of the molecule is CC1(c2cccc(NC(=O)C3(n4cccn4)CCNCC3)c2)NC(=O)NC1=O. The summed E-state index contributed by atoms with van der Waals surface area (Å²) >= 11 is 0. The van der Waals surface area contributed by atoms with Gasteiger partial charge >= 0.3 is 6.03 Å². The number of imide groups is 1.